The highest BCUT2D eigenvalue weighted by Gasteiger charge is 2.37. The number of nitrogens with zero attached hydrogens (tertiary/aromatic N) is 5. The Morgan fingerprint density at radius 3 is 2.56 bits per heavy atom. The topological polar surface area (TPSA) is 54.3 Å². The quantitative estimate of drug-likeness (QED) is 0.856. The van der Waals surface area contributed by atoms with Crippen LogP contribution in [0.5, 0.6) is 0 Å². The highest BCUT2D eigenvalue weighted by Crippen LogP contribution is 2.42. The van der Waals surface area contributed by atoms with Gasteiger partial charge >= 0.3 is 0 Å². The first kappa shape index (κ1) is 16.2. The molecular weight excluding hydrogens is 321 g/mol. The highest BCUT2D eigenvalue weighted by atomic mass is 19.1. The summed E-state index contributed by atoms with van der Waals surface area (Å²) in [6, 6.07) is 6.29. The molecule has 0 N–H and O–H groups in total. The van der Waals surface area contributed by atoms with Gasteiger partial charge < -0.3 is 9.80 Å². The van der Waals surface area contributed by atoms with Crippen molar-refractivity contribution in [2.75, 3.05) is 26.7 Å². The molecule has 25 heavy (non-hydrogen) atoms. The molecule has 2 aromatic rings. The highest BCUT2D eigenvalue weighted by molar-refractivity contribution is 5.94. The summed E-state index contributed by atoms with van der Waals surface area (Å²) in [5.41, 5.74) is 2.05. The van der Waals surface area contributed by atoms with E-state index in [1.54, 1.807) is 16.8 Å². The van der Waals surface area contributed by atoms with E-state index in [4.69, 9.17) is 0 Å². The van der Waals surface area contributed by atoms with E-state index in [-0.39, 0.29) is 17.8 Å². The average molecular weight is 343 g/mol. The number of rotatable bonds is 3. The van der Waals surface area contributed by atoms with Crippen molar-refractivity contribution < 1.29 is 9.18 Å². The van der Waals surface area contributed by atoms with Crippen LogP contribution in [0.1, 0.15) is 41.9 Å². The second-order valence-corrected chi connectivity index (χ2v) is 7.10. The molecule has 0 radical (unpaired) electrons. The van der Waals surface area contributed by atoms with Crippen molar-refractivity contribution in [1.29, 1.82) is 0 Å². The summed E-state index contributed by atoms with van der Waals surface area (Å²) in [4.78, 5) is 17.2. The fourth-order valence-electron chi connectivity index (χ4n) is 3.52. The molecule has 2 aliphatic rings. The molecule has 1 aliphatic carbocycles. The van der Waals surface area contributed by atoms with Gasteiger partial charge in [0.15, 0.2) is 5.69 Å². The Morgan fingerprint density at radius 2 is 1.92 bits per heavy atom. The summed E-state index contributed by atoms with van der Waals surface area (Å²) in [7, 11) is 2.07. The molecule has 4 rings (SSSR count). The summed E-state index contributed by atoms with van der Waals surface area (Å²) in [6.07, 6.45) is 2.07. The Morgan fingerprint density at radius 1 is 1.20 bits per heavy atom. The molecule has 0 unspecified atom stereocenters. The first-order chi connectivity index (χ1) is 12.0. The van der Waals surface area contributed by atoms with Gasteiger partial charge in [-0.1, -0.05) is 5.21 Å². The number of hydrogen-bond acceptors (Lipinski definition) is 4. The molecular formula is C18H22FN5O. The predicted octanol–water partition coefficient (Wildman–Crippen LogP) is 2.06. The summed E-state index contributed by atoms with van der Waals surface area (Å²) >= 11 is 0. The maximum Gasteiger partial charge on any atom is 0.276 e. The Kier molecular flexibility index (Phi) is 4.03. The predicted molar refractivity (Wildman–Crippen MR) is 91.3 cm³/mol. The van der Waals surface area contributed by atoms with Gasteiger partial charge in [0.2, 0.25) is 0 Å². The van der Waals surface area contributed by atoms with Gasteiger partial charge in [-0.05, 0) is 51.1 Å². The molecule has 1 atom stereocenters. The van der Waals surface area contributed by atoms with E-state index in [2.05, 4.69) is 29.2 Å². The Labute approximate surface area is 146 Å². The third-order valence-electron chi connectivity index (χ3n) is 5.03. The van der Waals surface area contributed by atoms with Crippen molar-refractivity contribution in [2.45, 2.75) is 31.7 Å². The van der Waals surface area contributed by atoms with Crippen LogP contribution in [0.2, 0.25) is 0 Å². The summed E-state index contributed by atoms with van der Waals surface area (Å²) < 4.78 is 14.9. The molecule has 1 aromatic heterocycles. The number of carbonyl (C=O) groups excluding carboxylic acids is 1. The first-order valence-corrected chi connectivity index (χ1v) is 8.75. The molecule has 1 aliphatic heterocycles. The van der Waals surface area contributed by atoms with E-state index < -0.39 is 0 Å². The fourth-order valence-corrected chi connectivity index (χ4v) is 3.52. The van der Waals surface area contributed by atoms with E-state index in [0.29, 0.717) is 18.2 Å². The normalized spacial score (nSPS) is 21.6. The summed E-state index contributed by atoms with van der Waals surface area (Å²) in [5, 5.41) is 8.44. The number of amides is 1. The lowest BCUT2D eigenvalue weighted by molar-refractivity contribution is 0.0526. The maximum absolute atomic E-state index is 13.2. The van der Waals surface area contributed by atoms with Crippen LogP contribution < -0.4 is 0 Å². The summed E-state index contributed by atoms with van der Waals surface area (Å²) in [6.45, 7) is 4.48. The van der Waals surface area contributed by atoms with E-state index in [1.807, 2.05) is 4.90 Å². The molecule has 7 heteroatoms. The minimum Gasteiger partial charge on any atom is -0.332 e. The van der Waals surface area contributed by atoms with Gasteiger partial charge in [-0.3, -0.25) is 4.79 Å². The van der Waals surface area contributed by atoms with Crippen LogP contribution in [-0.4, -0.2) is 63.4 Å². The SMILES string of the molecule is C[C@H]1CN(C)CCN1C(=O)c1nnn(-c2ccc(F)cc2)c1C1CC1. The van der Waals surface area contributed by atoms with Crippen LogP contribution >= 0.6 is 0 Å². The van der Waals surface area contributed by atoms with Gasteiger partial charge in [0, 0.05) is 31.6 Å². The third kappa shape index (κ3) is 3.04. The molecule has 1 amide bonds. The Balaban J connectivity index is 1.68. The lowest BCUT2D eigenvalue weighted by atomic mass is 10.1. The molecule has 0 spiro atoms. The Bertz CT molecular complexity index is 783. The Hall–Kier alpha value is -2.28. The monoisotopic (exact) mass is 343 g/mol. The van der Waals surface area contributed by atoms with Crippen LogP contribution in [0.3, 0.4) is 0 Å². The smallest absolute Gasteiger partial charge is 0.276 e. The number of hydrogen-bond donors (Lipinski definition) is 0. The third-order valence-corrected chi connectivity index (χ3v) is 5.03. The van der Waals surface area contributed by atoms with Crippen LogP contribution in [0, 0.1) is 5.82 Å². The van der Waals surface area contributed by atoms with Crippen molar-refractivity contribution in [1.82, 2.24) is 24.8 Å². The second kappa shape index (κ2) is 6.22. The van der Waals surface area contributed by atoms with Crippen molar-refractivity contribution >= 4 is 5.91 Å². The van der Waals surface area contributed by atoms with Gasteiger partial charge in [-0.25, -0.2) is 9.07 Å². The number of aromatic nitrogens is 3. The van der Waals surface area contributed by atoms with Gasteiger partial charge in [-0.2, -0.15) is 0 Å². The van der Waals surface area contributed by atoms with Crippen molar-refractivity contribution in [3.8, 4) is 5.69 Å². The van der Waals surface area contributed by atoms with E-state index in [1.165, 1.54) is 12.1 Å². The van der Waals surface area contributed by atoms with Crippen LogP contribution in [0.25, 0.3) is 5.69 Å². The maximum atomic E-state index is 13.2. The van der Waals surface area contributed by atoms with E-state index in [0.717, 1.165) is 37.3 Å². The zero-order valence-electron chi connectivity index (χ0n) is 14.5. The van der Waals surface area contributed by atoms with Gasteiger partial charge in [0.05, 0.1) is 11.4 Å². The lowest BCUT2D eigenvalue weighted by Gasteiger charge is -2.37. The van der Waals surface area contributed by atoms with Crippen molar-refractivity contribution in [3.63, 3.8) is 0 Å². The van der Waals surface area contributed by atoms with E-state index in [9.17, 15) is 9.18 Å². The van der Waals surface area contributed by atoms with Crippen LogP contribution in [0.15, 0.2) is 24.3 Å². The molecule has 2 heterocycles. The second-order valence-electron chi connectivity index (χ2n) is 7.10. The number of carbonyl (C=O) groups is 1. The van der Waals surface area contributed by atoms with E-state index >= 15 is 0 Å². The number of halogens is 1. The number of benzene rings is 1. The molecule has 132 valence electrons. The number of piperazine rings is 1. The molecule has 1 saturated heterocycles. The largest absolute Gasteiger partial charge is 0.332 e. The van der Waals surface area contributed by atoms with Crippen molar-refractivity contribution in [3.05, 3.63) is 41.5 Å². The zero-order valence-corrected chi connectivity index (χ0v) is 14.5. The van der Waals surface area contributed by atoms with Crippen LogP contribution in [0.4, 0.5) is 4.39 Å². The van der Waals surface area contributed by atoms with Crippen molar-refractivity contribution in [2.24, 2.45) is 0 Å². The fraction of sp³-hybridized carbons (Fsp3) is 0.500. The van der Waals surface area contributed by atoms with Crippen LogP contribution in [-0.2, 0) is 0 Å². The minimum atomic E-state index is -0.292. The molecule has 0 bridgehead atoms. The van der Waals surface area contributed by atoms with Gasteiger partial charge in [0.1, 0.15) is 5.82 Å². The molecule has 1 aromatic carbocycles. The minimum absolute atomic E-state index is 0.0455. The standard InChI is InChI=1S/C18H22FN5O/c1-12-11-22(2)9-10-23(12)18(25)16-17(13-3-4-13)24(21-20-16)15-7-5-14(19)6-8-15/h5-8,12-13H,3-4,9-11H2,1-2H3/t12-/m0/s1. The lowest BCUT2D eigenvalue weighted by Crippen LogP contribution is -2.52. The molecule has 1 saturated carbocycles. The number of likely N-dealkylation sites (N-methyl/N-ethyl adjacent to an activating group) is 1. The van der Waals surface area contributed by atoms with Gasteiger partial charge in [-0.15, -0.1) is 5.10 Å². The average Bonchev–Trinajstić information content (AvgIpc) is 3.33. The zero-order chi connectivity index (χ0) is 17.6. The van der Waals surface area contributed by atoms with Gasteiger partial charge in [0.25, 0.3) is 5.91 Å². The first-order valence-electron chi connectivity index (χ1n) is 8.75. The molecule has 2 fully saturated rings. The summed E-state index contributed by atoms with van der Waals surface area (Å²) in [5.74, 6) is -0.0305. The molecule has 6 nitrogen and oxygen atoms in total.